The van der Waals surface area contributed by atoms with Gasteiger partial charge in [0.15, 0.2) is 0 Å². The van der Waals surface area contributed by atoms with Gasteiger partial charge in [0, 0.05) is 0 Å². The minimum Gasteiger partial charge on any atom is -0.465 e. The lowest BCUT2D eigenvalue weighted by molar-refractivity contribution is 0.0590. The topological polar surface area (TPSA) is 35.5 Å². The molecule has 3 heteroatoms. The Balaban J connectivity index is 2.01. The summed E-state index contributed by atoms with van der Waals surface area (Å²) in [5, 5.41) is 0. The van der Waals surface area contributed by atoms with Crippen molar-refractivity contribution in [2.45, 2.75) is 20.1 Å². The highest BCUT2D eigenvalue weighted by molar-refractivity contribution is 5.90. The molecule has 20 heavy (non-hydrogen) atoms. The molecule has 0 radical (unpaired) electrons. The predicted octanol–water partition coefficient (Wildman–Crippen LogP) is 3.50. The number of esters is 1. The normalized spacial score (nSPS) is 10.3. The lowest BCUT2D eigenvalue weighted by Gasteiger charge is -2.10. The van der Waals surface area contributed by atoms with Crippen LogP contribution in [0.15, 0.2) is 48.5 Å². The quantitative estimate of drug-likeness (QED) is 0.780. The van der Waals surface area contributed by atoms with Gasteiger partial charge in [-0.3, -0.25) is 0 Å². The Morgan fingerprint density at radius 2 is 1.55 bits per heavy atom. The summed E-state index contributed by atoms with van der Waals surface area (Å²) in [6.07, 6.45) is 0. The van der Waals surface area contributed by atoms with Gasteiger partial charge < -0.3 is 9.47 Å². The third-order valence-electron chi connectivity index (χ3n) is 3.20. The van der Waals surface area contributed by atoms with E-state index < -0.39 is 0 Å². The van der Waals surface area contributed by atoms with E-state index in [0.29, 0.717) is 18.8 Å². The number of benzene rings is 2. The van der Waals surface area contributed by atoms with Crippen LogP contribution >= 0.6 is 0 Å². The molecule has 3 nitrogen and oxygen atoms in total. The van der Waals surface area contributed by atoms with Crippen LogP contribution in [-0.2, 0) is 22.7 Å². The molecule has 0 spiro atoms. The number of rotatable bonds is 5. The van der Waals surface area contributed by atoms with Crippen molar-refractivity contribution in [1.29, 1.82) is 0 Å². The molecule has 0 aliphatic rings. The fraction of sp³-hybridized carbons (Fsp3) is 0.235. The van der Waals surface area contributed by atoms with E-state index in [-0.39, 0.29) is 5.97 Å². The maximum atomic E-state index is 11.6. The molecule has 0 aliphatic carbocycles. The smallest absolute Gasteiger partial charge is 0.338 e. The van der Waals surface area contributed by atoms with E-state index in [1.165, 1.54) is 12.7 Å². The molecular weight excluding hydrogens is 252 g/mol. The molecule has 104 valence electrons. The van der Waals surface area contributed by atoms with Crippen molar-refractivity contribution >= 4 is 5.97 Å². The van der Waals surface area contributed by atoms with Crippen LogP contribution in [0.4, 0.5) is 0 Å². The Bertz CT molecular complexity index is 590. The molecule has 0 bridgehead atoms. The van der Waals surface area contributed by atoms with E-state index >= 15 is 0 Å². The van der Waals surface area contributed by atoms with Crippen LogP contribution in [0.3, 0.4) is 0 Å². The van der Waals surface area contributed by atoms with Gasteiger partial charge in [-0.2, -0.15) is 0 Å². The Hall–Kier alpha value is -2.13. The predicted molar refractivity (Wildman–Crippen MR) is 77.5 cm³/mol. The van der Waals surface area contributed by atoms with Gasteiger partial charge >= 0.3 is 5.97 Å². The summed E-state index contributed by atoms with van der Waals surface area (Å²) in [6, 6.07) is 15.4. The van der Waals surface area contributed by atoms with Crippen molar-refractivity contribution < 1.29 is 14.3 Å². The van der Waals surface area contributed by atoms with Crippen molar-refractivity contribution in [3.63, 3.8) is 0 Å². The molecule has 0 aromatic heterocycles. The van der Waals surface area contributed by atoms with E-state index in [1.807, 2.05) is 36.4 Å². The monoisotopic (exact) mass is 270 g/mol. The second kappa shape index (κ2) is 6.87. The van der Waals surface area contributed by atoms with E-state index in [2.05, 4.69) is 13.0 Å². The van der Waals surface area contributed by atoms with Gasteiger partial charge in [-0.05, 0) is 29.7 Å². The maximum absolute atomic E-state index is 11.6. The fourth-order valence-electron chi connectivity index (χ4n) is 2.00. The van der Waals surface area contributed by atoms with Crippen LogP contribution in [0.25, 0.3) is 0 Å². The van der Waals surface area contributed by atoms with Gasteiger partial charge in [-0.25, -0.2) is 4.79 Å². The van der Waals surface area contributed by atoms with Crippen LogP contribution < -0.4 is 0 Å². The van der Waals surface area contributed by atoms with Gasteiger partial charge in [-0.1, -0.05) is 42.5 Å². The minimum atomic E-state index is -0.333. The third kappa shape index (κ3) is 3.45. The zero-order valence-corrected chi connectivity index (χ0v) is 11.8. The molecule has 2 aromatic carbocycles. The van der Waals surface area contributed by atoms with E-state index in [1.54, 1.807) is 6.07 Å². The Kier molecular flexibility index (Phi) is 4.91. The van der Waals surface area contributed by atoms with Gasteiger partial charge in [0.2, 0.25) is 0 Å². The molecule has 0 unspecified atom stereocenters. The molecule has 2 rings (SSSR count). The first-order valence-corrected chi connectivity index (χ1v) is 6.51. The molecule has 0 N–H and O–H groups in total. The Labute approximate surface area is 119 Å². The van der Waals surface area contributed by atoms with Gasteiger partial charge in [0.25, 0.3) is 0 Å². The highest BCUT2D eigenvalue weighted by atomic mass is 16.5. The van der Waals surface area contributed by atoms with Crippen LogP contribution in [0, 0.1) is 6.92 Å². The highest BCUT2D eigenvalue weighted by Crippen LogP contribution is 2.14. The number of hydrogen-bond acceptors (Lipinski definition) is 3. The second-order valence-corrected chi connectivity index (χ2v) is 4.57. The summed E-state index contributed by atoms with van der Waals surface area (Å²) < 4.78 is 10.5. The van der Waals surface area contributed by atoms with Crippen LogP contribution in [0.1, 0.15) is 27.0 Å². The Morgan fingerprint density at radius 3 is 2.25 bits per heavy atom. The van der Waals surface area contributed by atoms with Gasteiger partial charge in [0.05, 0.1) is 25.9 Å². The molecule has 0 aliphatic heterocycles. The van der Waals surface area contributed by atoms with Gasteiger partial charge in [-0.15, -0.1) is 0 Å². The summed E-state index contributed by atoms with van der Waals surface area (Å²) in [6.45, 7) is 2.98. The summed E-state index contributed by atoms with van der Waals surface area (Å²) in [5.41, 5.74) is 3.75. The molecular formula is C17H18O3. The first kappa shape index (κ1) is 14.3. The number of carbonyl (C=O) groups excluding carboxylic acids is 1. The number of ether oxygens (including phenoxy) is 2. The standard InChI is InChI=1S/C17H18O3/c1-13-7-3-4-8-14(13)11-20-12-15-9-5-6-10-16(15)17(18)19-2/h3-10H,11-12H2,1-2H3. The van der Waals surface area contributed by atoms with Crippen molar-refractivity contribution in [3.05, 3.63) is 70.8 Å². The van der Waals surface area contributed by atoms with Crippen molar-refractivity contribution in [2.75, 3.05) is 7.11 Å². The average molecular weight is 270 g/mol. The summed E-state index contributed by atoms with van der Waals surface area (Å²) >= 11 is 0. The minimum absolute atomic E-state index is 0.333. The number of aryl methyl sites for hydroxylation is 1. The van der Waals surface area contributed by atoms with Crippen LogP contribution in [0.5, 0.6) is 0 Å². The Morgan fingerprint density at radius 1 is 0.950 bits per heavy atom. The third-order valence-corrected chi connectivity index (χ3v) is 3.20. The lowest BCUT2D eigenvalue weighted by atomic mass is 10.1. The fourth-order valence-corrected chi connectivity index (χ4v) is 2.00. The summed E-state index contributed by atoms with van der Waals surface area (Å²) in [4.78, 5) is 11.6. The molecule has 0 heterocycles. The second-order valence-electron chi connectivity index (χ2n) is 4.57. The van der Waals surface area contributed by atoms with Crippen LogP contribution in [0.2, 0.25) is 0 Å². The largest absolute Gasteiger partial charge is 0.465 e. The SMILES string of the molecule is COC(=O)c1ccccc1COCc1ccccc1C. The molecule has 0 amide bonds. The number of hydrogen-bond donors (Lipinski definition) is 0. The lowest BCUT2D eigenvalue weighted by Crippen LogP contribution is -2.07. The zero-order valence-electron chi connectivity index (χ0n) is 11.8. The van der Waals surface area contributed by atoms with Crippen molar-refractivity contribution in [2.24, 2.45) is 0 Å². The first-order valence-electron chi connectivity index (χ1n) is 6.51. The van der Waals surface area contributed by atoms with E-state index in [9.17, 15) is 4.79 Å². The molecule has 2 aromatic rings. The highest BCUT2D eigenvalue weighted by Gasteiger charge is 2.10. The molecule has 0 saturated heterocycles. The summed E-state index contributed by atoms with van der Waals surface area (Å²) in [5.74, 6) is -0.333. The van der Waals surface area contributed by atoms with Crippen molar-refractivity contribution in [1.82, 2.24) is 0 Å². The maximum Gasteiger partial charge on any atom is 0.338 e. The molecule has 0 saturated carbocycles. The summed E-state index contributed by atoms with van der Waals surface area (Å²) in [7, 11) is 1.38. The first-order chi connectivity index (χ1) is 9.72. The zero-order chi connectivity index (χ0) is 14.4. The number of methoxy groups -OCH3 is 1. The van der Waals surface area contributed by atoms with Crippen molar-refractivity contribution in [3.8, 4) is 0 Å². The van der Waals surface area contributed by atoms with E-state index in [4.69, 9.17) is 9.47 Å². The molecule has 0 fully saturated rings. The average Bonchev–Trinajstić information content (AvgIpc) is 2.49. The molecule has 0 atom stereocenters. The number of carbonyl (C=O) groups is 1. The van der Waals surface area contributed by atoms with Gasteiger partial charge in [0.1, 0.15) is 0 Å². The van der Waals surface area contributed by atoms with Crippen LogP contribution in [-0.4, -0.2) is 13.1 Å². The van der Waals surface area contributed by atoms with E-state index in [0.717, 1.165) is 11.1 Å².